The smallest absolute Gasteiger partial charge is 0.115 e. The van der Waals surface area contributed by atoms with E-state index in [4.69, 9.17) is 4.98 Å². The maximum atomic E-state index is 4.71. The number of rotatable bonds is 4. The fraction of sp³-hybridized carbons (Fsp3) is 0.250. The lowest BCUT2D eigenvalue weighted by Gasteiger charge is -2.00. The van der Waals surface area contributed by atoms with Crippen molar-refractivity contribution in [2.45, 2.75) is 26.2 Å². The molecule has 3 nitrogen and oxygen atoms in total. The fourth-order valence-corrected chi connectivity index (χ4v) is 2.26. The quantitative estimate of drug-likeness (QED) is 0.762. The van der Waals surface area contributed by atoms with Gasteiger partial charge in [0.15, 0.2) is 0 Å². The molecule has 3 rings (SSSR count). The first-order valence-corrected chi connectivity index (χ1v) is 6.77. The standard InChI is InChI=1S/C16H17N3/c1-2-3-9-14-18-13-10-11-17-15(16(13)19-14)12-7-5-4-6-8-12/h4-8,10-11H,2-3,9H2,1H3,(H,18,19). The summed E-state index contributed by atoms with van der Waals surface area (Å²) in [5.41, 5.74) is 4.11. The Balaban J connectivity index is 2.08. The second-order valence-corrected chi connectivity index (χ2v) is 4.71. The van der Waals surface area contributed by atoms with Crippen molar-refractivity contribution >= 4 is 11.0 Å². The molecule has 1 N–H and O–H groups in total. The summed E-state index contributed by atoms with van der Waals surface area (Å²) >= 11 is 0. The van der Waals surface area contributed by atoms with Gasteiger partial charge >= 0.3 is 0 Å². The van der Waals surface area contributed by atoms with Crippen molar-refractivity contribution in [3.8, 4) is 11.3 Å². The van der Waals surface area contributed by atoms with Gasteiger partial charge in [0.2, 0.25) is 0 Å². The van der Waals surface area contributed by atoms with Gasteiger partial charge in [-0.05, 0) is 12.5 Å². The molecule has 3 aromatic rings. The molecule has 0 saturated carbocycles. The lowest BCUT2D eigenvalue weighted by molar-refractivity contribution is 0.765. The topological polar surface area (TPSA) is 41.6 Å². The van der Waals surface area contributed by atoms with E-state index >= 15 is 0 Å². The maximum absolute atomic E-state index is 4.71. The molecule has 0 saturated heterocycles. The number of aromatic nitrogens is 3. The number of H-pyrrole nitrogens is 1. The van der Waals surface area contributed by atoms with Crippen molar-refractivity contribution < 1.29 is 0 Å². The minimum Gasteiger partial charge on any atom is -0.342 e. The number of aryl methyl sites for hydroxylation is 1. The first-order valence-electron chi connectivity index (χ1n) is 6.77. The molecule has 0 amide bonds. The van der Waals surface area contributed by atoms with E-state index < -0.39 is 0 Å². The molecule has 1 aromatic carbocycles. The van der Waals surface area contributed by atoms with Crippen molar-refractivity contribution in [3.05, 3.63) is 48.4 Å². The number of fused-ring (bicyclic) bond motifs is 1. The summed E-state index contributed by atoms with van der Waals surface area (Å²) in [4.78, 5) is 12.6. The number of hydrogen-bond acceptors (Lipinski definition) is 2. The molecule has 2 heterocycles. The Kier molecular flexibility index (Phi) is 3.27. The van der Waals surface area contributed by atoms with Crippen LogP contribution in [0.15, 0.2) is 42.6 Å². The van der Waals surface area contributed by atoms with Crippen molar-refractivity contribution in [1.82, 2.24) is 15.0 Å². The Labute approximate surface area is 112 Å². The van der Waals surface area contributed by atoms with Crippen LogP contribution in [0.4, 0.5) is 0 Å². The van der Waals surface area contributed by atoms with E-state index in [9.17, 15) is 0 Å². The van der Waals surface area contributed by atoms with Crippen LogP contribution in [0.2, 0.25) is 0 Å². The van der Waals surface area contributed by atoms with Crippen molar-refractivity contribution in [1.29, 1.82) is 0 Å². The molecule has 0 bridgehead atoms. The average Bonchev–Trinajstić information content (AvgIpc) is 2.88. The lowest BCUT2D eigenvalue weighted by Crippen LogP contribution is -1.87. The number of nitrogens with one attached hydrogen (secondary N) is 1. The zero-order valence-corrected chi connectivity index (χ0v) is 11.1. The van der Waals surface area contributed by atoms with E-state index in [-0.39, 0.29) is 0 Å². The van der Waals surface area contributed by atoms with Crippen LogP contribution in [0.3, 0.4) is 0 Å². The van der Waals surface area contributed by atoms with Gasteiger partial charge in [-0.2, -0.15) is 0 Å². The Morgan fingerprint density at radius 3 is 2.74 bits per heavy atom. The summed E-state index contributed by atoms with van der Waals surface area (Å²) < 4.78 is 0. The van der Waals surface area contributed by atoms with Gasteiger partial charge in [0.25, 0.3) is 0 Å². The van der Waals surface area contributed by atoms with Crippen molar-refractivity contribution in [2.24, 2.45) is 0 Å². The van der Waals surface area contributed by atoms with Crippen LogP contribution < -0.4 is 0 Å². The summed E-state index contributed by atoms with van der Waals surface area (Å²) in [5, 5.41) is 0. The SMILES string of the molecule is CCCCc1nc2c(-c3ccccc3)nccc2[nH]1. The summed E-state index contributed by atoms with van der Waals surface area (Å²) in [7, 11) is 0. The minimum absolute atomic E-state index is 0.956. The highest BCUT2D eigenvalue weighted by molar-refractivity contribution is 5.89. The molecule has 96 valence electrons. The predicted octanol–water partition coefficient (Wildman–Crippen LogP) is 3.97. The second kappa shape index (κ2) is 5.22. The minimum atomic E-state index is 0.956. The van der Waals surface area contributed by atoms with E-state index in [0.29, 0.717) is 0 Å². The molecule has 0 atom stereocenters. The van der Waals surface area contributed by atoms with Crippen LogP contribution in [-0.2, 0) is 6.42 Å². The normalized spacial score (nSPS) is 11.0. The van der Waals surface area contributed by atoms with Crippen LogP contribution in [0.5, 0.6) is 0 Å². The number of benzene rings is 1. The third kappa shape index (κ3) is 2.36. The summed E-state index contributed by atoms with van der Waals surface area (Å²) in [5.74, 6) is 1.06. The predicted molar refractivity (Wildman–Crippen MR) is 77.9 cm³/mol. The summed E-state index contributed by atoms with van der Waals surface area (Å²) in [6.45, 7) is 2.19. The van der Waals surface area contributed by atoms with E-state index in [1.807, 2.05) is 30.5 Å². The third-order valence-corrected chi connectivity index (χ3v) is 3.26. The lowest BCUT2D eigenvalue weighted by atomic mass is 10.1. The number of nitrogens with zero attached hydrogens (tertiary/aromatic N) is 2. The van der Waals surface area contributed by atoms with Crippen LogP contribution >= 0.6 is 0 Å². The van der Waals surface area contributed by atoms with E-state index in [0.717, 1.165) is 41.0 Å². The number of aromatic amines is 1. The molecule has 3 heteroatoms. The zero-order valence-electron chi connectivity index (χ0n) is 11.1. The number of imidazole rings is 1. The van der Waals surface area contributed by atoms with Crippen molar-refractivity contribution in [2.75, 3.05) is 0 Å². The molecule has 0 aliphatic carbocycles. The Morgan fingerprint density at radius 2 is 1.95 bits per heavy atom. The maximum Gasteiger partial charge on any atom is 0.115 e. The highest BCUT2D eigenvalue weighted by Crippen LogP contribution is 2.24. The molecule has 0 unspecified atom stereocenters. The molecule has 19 heavy (non-hydrogen) atoms. The number of unbranched alkanes of at least 4 members (excludes halogenated alkanes) is 1. The molecule has 0 spiro atoms. The monoisotopic (exact) mass is 251 g/mol. The molecular weight excluding hydrogens is 234 g/mol. The molecule has 0 fully saturated rings. The van der Waals surface area contributed by atoms with Gasteiger partial charge in [-0.3, -0.25) is 4.98 Å². The Bertz CT molecular complexity index is 671. The molecule has 0 aliphatic heterocycles. The molecule has 0 radical (unpaired) electrons. The van der Waals surface area contributed by atoms with Gasteiger partial charge in [-0.25, -0.2) is 4.98 Å². The summed E-state index contributed by atoms with van der Waals surface area (Å²) in [6, 6.07) is 12.2. The number of pyridine rings is 1. The fourth-order valence-electron chi connectivity index (χ4n) is 2.26. The highest BCUT2D eigenvalue weighted by Gasteiger charge is 2.09. The zero-order chi connectivity index (χ0) is 13.1. The van der Waals surface area contributed by atoms with E-state index in [1.54, 1.807) is 0 Å². The van der Waals surface area contributed by atoms with E-state index in [1.165, 1.54) is 6.42 Å². The van der Waals surface area contributed by atoms with Crippen LogP contribution in [0.1, 0.15) is 25.6 Å². The molecule has 2 aromatic heterocycles. The van der Waals surface area contributed by atoms with Crippen molar-refractivity contribution in [3.63, 3.8) is 0 Å². The first-order chi connectivity index (χ1) is 9.38. The number of hydrogen-bond donors (Lipinski definition) is 1. The third-order valence-electron chi connectivity index (χ3n) is 3.26. The van der Waals surface area contributed by atoms with Crippen LogP contribution in [0.25, 0.3) is 22.3 Å². The van der Waals surface area contributed by atoms with Crippen LogP contribution in [0, 0.1) is 0 Å². The van der Waals surface area contributed by atoms with Gasteiger partial charge < -0.3 is 4.98 Å². The van der Waals surface area contributed by atoms with Gasteiger partial charge in [-0.1, -0.05) is 43.7 Å². The molecular formula is C16H17N3. The Hall–Kier alpha value is -2.16. The first kappa shape index (κ1) is 11.9. The second-order valence-electron chi connectivity index (χ2n) is 4.71. The Morgan fingerprint density at radius 1 is 1.11 bits per heavy atom. The van der Waals surface area contributed by atoms with Gasteiger partial charge in [0.05, 0.1) is 11.2 Å². The summed E-state index contributed by atoms with van der Waals surface area (Å²) in [6.07, 6.45) is 5.18. The van der Waals surface area contributed by atoms with Gasteiger partial charge in [0, 0.05) is 18.2 Å². The highest BCUT2D eigenvalue weighted by atomic mass is 14.9. The van der Waals surface area contributed by atoms with Gasteiger partial charge in [-0.15, -0.1) is 0 Å². The van der Waals surface area contributed by atoms with Gasteiger partial charge in [0.1, 0.15) is 11.3 Å². The molecule has 0 aliphatic rings. The van der Waals surface area contributed by atoms with E-state index in [2.05, 4.69) is 29.0 Å². The van der Waals surface area contributed by atoms with Crippen LogP contribution in [-0.4, -0.2) is 15.0 Å². The average molecular weight is 251 g/mol. The largest absolute Gasteiger partial charge is 0.342 e.